The maximum absolute atomic E-state index is 13.7. The number of carbonyl (C=O) groups is 4. The average molecular weight is 605 g/mol. The van der Waals surface area contributed by atoms with Crippen LogP contribution in [-0.4, -0.2) is 82.5 Å². The fourth-order valence-electron chi connectivity index (χ4n) is 4.39. The van der Waals surface area contributed by atoms with Gasteiger partial charge >= 0.3 is 5.97 Å². The molecule has 0 spiro atoms. The van der Waals surface area contributed by atoms with Gasteiger partial charge in [0.15, 0.2) is 5.96 Å². The van der Waals surface area contributed by atoms with Crippen LogP contribution in [0.3, 0.4) is 0 Å². The van der Waals surface area contributed by atoms with Gasteiger partial charge in [-0.15, -0.1) is 0 Å². The number of carboxylic acids is 1. The van der Waals surface area contributed by atoms with Crippen LogP contribution in [0.1, 0.15) is 45.1 Å². The molecule has 0 bridgehead atoms. The molecule has 1 aromatic carbocycles. The maximum Gasteiger partial charge on any atom is 0.326 e. The highest BCUT2D eigenvalue weighted by Crippen LogP contribution is 2.19. The molecule has 3 amide bonds. The van der Waals surface area contributed by atoms with Crippen LogP contribution in [0.15, 0.2) is 35.5 Å². The first-order chi connectivity index (χ1) is 19.9. The first-order valence-corrected chi connectivity index (χ1v) is 15.3. The minimum atomic E-state index is -1.17. The number of aromatic nitrogens is 1. The molecule has 0 saturated heterocycles. The van der Waals surface area contributed by atoms with Crippen LogP contribution in [0.25, 0.3) is 10.9 Å². The van der Waals surface area contributed by atoms with Gasteiger partial charge in [0.05, 0.1) is 6.04 Å². The van der Waals surface area contributed by atoms with Crippen LogP contribution in [0.2, 0.25) is 0 Å². The number of para-hydroxylation sites is 1. The van der Waals surface area contributed by atoms with Gasteiger partial charge in [0.1, 0.15) is 18.1 Å². The number of nitrogens with one attached hydrogen (secondary N) is 4. The minimum absolute atomic E-state index is 0.00684. The van der Waals surface area contributed by atoms with Crippen molar-refractivity contribution in [2.24, 2.45) is 28.1 Å². The summed E-state index contributed by atoms with van der Waals surface area (Å²) in [6, 6.07) is 3.45. The van der Waals surface area contributed by atoms with Gasteiger partial charge in [0.2, 0.25) is 17.7 Å². The molecule has 14 heteroatoms. The fraction of sp³-hybridized carbons (Fsp3) is 0.536. The molecule has 2 aromatic rings. The minimum Gasteiger partial charge on any atom is -0.480 e. The molecule has 13 nitrogen and oxygen atoms in total. The van der Waals surface area contributed by atoms with Gasteiger partial charge in [-0.25, -0.2) is 4.79 Å². The molecule has 11 N–H and O–H groups in total. The number of nitrogens with two attached hydrogens (primary N) is 3. The number of aliphatic imine (C=N–C) groups is 1. The quantitative estimate of drug-likeness (QED) is 0.0669. The van der Waals surface area contributed by atoms with Crippen molar-refractivity contribution in [1.29, 1.82) is 0 Å². The molecular weight excluding hydrogens is 560 g/mol. The number of fused-ring (bicyclic) bond motifs is 1. The molecule has 4 atom stereocenters. The molecule has 0 aliphatic carbocycles. The Kier molecular flexibility index (Phi) is 14.1. The lowest BCUT2D eigenvalue weighted by Crippen LogP contribution is -2.57. The number of hydrogen-bond acceptors (Lipinski definition) is 7. The van der Waals surface area contributed by atoms with Crippen LogP contribution in [0.5, 0.6) is 0 Å². The number of hydrogen-bond donors (Lipinski definition) is 8. The second-order valence-electron chi connectivity index (χ2n) is 10.6. The van der Waals surface area contributed by atoms with Crippen molar-refractivity contribution in [3.63, 3.8) is 0 Å². The number of nitrogens with zero attached hydrogens (tertiary/aromatic N) is 1. The third kappa shape index (κ3) is 11.2. The lowest BCUT2D eigenvalue weighted by Gasteiger charge is -2.25. The molecule has 0 saturated carbocycles. The Bertz CT molecular complexity index is 1230. The van der Waals surface area contributed by atoms with Crippen LogP contribution >= 0.6 is 11.8 Å². The van der Waals surface area contributed by atoms with E-state index in [1.165, 1.54) is 0 Å². The fourth-order valence-corrected chi connectivity index (χ4v) is 4.88. The zero-order valence-corrected chi connectivity index (χ0v) is 25.2. The summed E-state index contributed by atoms with van der Waals surface area (Å²) in [5.74, 6) is -2.35. The topological polar surface area (TPSA) is 231 Å². The van der Waals surface area contributed by atoms with Crippen molar-refractivity contribution in [2.75, 3.05) is 18.6 Å². The van der Waals surface area contributed by atoms with E-state index < -0.39 is 47.9 Å². The van der Waals surface area contributed by atoms with Gasteiger partial charge in [-0.05, 0) is 55.2 Å². The van der Waals surface area contributed by atoms with Crippen molar-refractivity contribution in [2.45, 2.75) is 70.1 Å². The van der Waals surface area contributed by atoms with Gasteiger partial charge in [-0.1, -0.05) is 32.0 Å². The summed E-state index contributed by atoms with van der Waals surface area (Å²) in [4.78, 5) is 58.8. The summed E-state index contributed by atoms with van der Waals surface area (Å²) in [5.41, 5.74) is 18.5. The second-order valence-corrected chi connectivity index (χ2v) is 11.5. The summed E-state index contributed by atoms with van der Waals surface area (Å²) < 4.78 is 0. The monoisotopic (exact) mass is 604 g/mol. The van der Waals surface area contributed by atoms with Gasteiger partial charge in [0.25, 0.3) is 0 Å². The predicted molar refractivity (Wildman–Crippen MR) is 166 cm³/mol. The normalized spacial score (nSPS) is 14.0. The van der Waals surface area contributed by atoms with Crippen molar-refractivity contribution >= 4 is 52.3 Å². The Morgan fingerprint density at radius 2 is 1.62 bits per heavy atom. The summed E-state index contributed by atoms with van der Waals surface area (Å²) in [7, 11) is 0. The summed E-state index contributed by atoms with van der Waals surface area (Å²) in [6.45, 7) is 3.90. The van der Waals surface area contributed by atoms with Crippen LogP contribution in [-0.2, 0) is 25.6 Å². The third-order valence-electron chi connectivity index (χ3n) is 6.60. The highest BCUT2D eigenvalue weighted by atomic mass is 32.2. The Morgan fingerprint density at radius 3 is 2.26 bits per heavy atom. The van der Waals surface area contributed by atoms with E-state index in [1.54, 1.807) is 18.0 Å². The molecule has 232 valence electrons. The van der Waals surface area contributed by atoms with Crippen LogP contribution in [0, 0.1) is 5.92 Å². The summed E-state index contributed by atoms with van der Waals surface area (Å²) in [6.07, 6.45) is 4.91. The van der Waals surface area contributed by atoms with E-state index in [0.29, 0.717) is 18.6 Å². The van der Waals surface area contributed by atoms with Crippen LogP contribution < -0.4 is 33.2 Å². The summed E-state index contributed by atoms with van der Waals surface area (Å²) >= 11 is 1.56. The number of amides is 3. The van der Waals surface area contributed by atoms with Crippen LogP contribution in [0.4, 0.5) is 0 Å². The van der Waals surface area contributed by atoms with Crippen molar-refractivity contribution in [3.8, 4) is 0 Å². The zero-order valence-electron chi connectivity index (χ0n) is 24.4. The molecule has 0 aliphatic heterocycles. The smallest absolute Gasteiger partial charge is 0.326 e. The number of rotatable bonds is 18. The van der Waals surface area contributed by atoms with E-state index in [4.69, 9.17) is 17.2 Å². The van der Waals surface area contributed by atoms with Gasteiger partial charge in [-0.2, -0.15) is 11.8 Å². The van der Waals surface area contributed by atoms with E-state index in [-0.39, 0.29) is 37.7 Å². The highest BCUT2D eigenvalue weighted by Gasteiger charge is 2.31. The first kappa shape index (κ1) is 34.4. The second kappa shape index (κ2) is 17.2. The lowest BCUT2D eigenvalue weighted by atomic mass is 10.0. The molecule has 0 radical (unpaired) electrons. The first-order valence-electron chi connectivity index (χ1n) is 13.9. The van der Waals surface area contributed by atoms with Gasteiger partial charge in [-0.3, -0.25) is 19.4 Å². The SMILES string of the molecule is CSCCC(N)C(=O)NC(Cc1c[nH]c2ccccc12)C(=O)NC(CCCN=C(N)N)C(=O)NC(CC(C)C)C(=O)O. The maximum atomic E-state index is 13.7. The standard InChI is InChI=1S/C28H44N8O5S/c1-16(2)13-23(27(40)41)36-25(38)21(9-6-11-32-28(30)31)34-26(39)22(35-24(37)19(29)10-12-42-3)14-17-15-33-20-8-5-4-7-18(17)20/h4-5,7-8,15-16,19,21-23,33H,6,9-14,29H2,1-3H3,(H,34,39)(H,35,37)(H,36,38)(H,40,41)(H4,30,31,32). The van der Waals surface area contributed by atoms with Crippen molar-refractivity contribution < 1.29 is 24.3 Å². The number of thioether (sulfide) groups is 1. The van der Waals surface area contributed by atoms with E-state index in [0.717, 1.165) is 16.5 Å². The zero-order chi connectivity index (χ0) is 31.2. The predicted octanol–water partition coefficient (Wildman–Crippen LogP) is 0.430. The van der Waals surface area contributed by atoms with Gasteiger partial charge < -0.3 is 43.2 Å². The van der Waals surface area contributed by atoms with E-state index >= 15 is 0 Å². The lowest BCUT2D eigenvalue weighted by molar-refractivity contribution is -0.142. The number of carbonyl (C=O) groups excluding carboxylic acids is 3. The number of benzene rings is 1. The highest BCUT2D eigenvalue weighted by molar-refractivity contribution is 7.98. The summed E-state index contributed by atoms with van der Waals surface area (Å²) in [5, 5.41) is 18.5. The van der Waals surface area contributed by atoms with E-state index in [2.05, 4.69) is 25.9 Å². The molecule has 4 unspecified atom stereocenters. The molecule has 2 rings (SSSR count). The number of guanidine groups is 1. The number of carboxylic acid groups (broad SMARTS) is 1. The Morgan fingerprint density at radius 1 is 0.976 bits per heavy atom. The molecule has 0 aliphatic rings. The van der Waals surface area contributed by atoms with Crippen molar-refractivity contribution in [1.82, 2.24) is 20.9 Å². The van der Waals surface area contributed by atoms with Crippen molar-refractivity contribution in [3.05, 3.63) is 36.0 Å². The number of aromatic amines is 1. The van der Waals surface area contributed by atoms with E-state index in [1.807, 2.05) is 44.4 Å². The Balaban J connectivity index is 2.31. The van der Waals surface area contributed by atoms with Gasteiger partial charge in [0, 0.05) is 30.1 Å². The largest absolute Gasteiger partial charge is 0.480 e. The Labute approximate surface area is 250 Å². The number of H-pyrrole nitrogens is 1. The molecule has 0 fully saturated rings. The third-order valence-corrected chi connectivity index (χ3v) is 7.25. The molecule has 42 heavy (non-hydrogen) atoms. The Hall–Kier alpha value is -3.78. The molecular formula is C28H44N8O5S. The number of aliphatic carboxylic acids is 1. The average Bonchev–Trinajstić information content (AvgIpc) is 3.34. The molecule has 1 heterocycles. The molecule has 1 aromatic heterocycles. The van der Waals surface area contributed by atoms with E-state index in [9.17, 15) is 24.3 Å².